The topological polar surface area (TPSA) is 56.0 Å². The quantitative estimate of drug-likeness (QED) is 0.698. The van der Waals surface area contributed by atoms with Gasteiger partial charge in [0.2, 0.25) is 0 Å². The SMILES string of the molecule is CCCCCCCCNCc1cc(=O)n(C)c(=O)n1C. The van der Waals surface area contributed by atoms with Gasteiger partial charge in [0.25, 0.3) is 5.56 Å². The minimum Gasteiger partial charge on any atom is -0.311 e. The molecule has 1 aromatic heterocycles. The van der Waals surface area contributed by atoms with Gasteiger partial charge in [-0.2, -0.15) is 0 Å². The van der Waals surface area contributed by atoms with Gasteiger partial charge in [0, 0.05) is 32.4 Å². The fourth-order valence-corrected chi connectivity index (χ4v) is 2.19. The van der Waals surface area contributed by atoms with Crippen molar-refractivity contribution in [1.29, 1.82) is 0 Å². The van der Waals surface area contributed by atoms with Crippen molar-refractivity contribution in [3.63, 3.8) is 0 Å². The number of nitrogens with one attached hydrogen (secondary N) is 1. The molecule has 0 aromatic carbocycles. The Hall–Kier alpha value is -1.36. The van der Waals surface area contributed by atoms with E-state index < -0.39 is 0 Å². The van der Waals surface area contributed by atoms with Crippen LogP contribution in [0.25, 0.3) is 0 Å². The first-order chi connectivity index (χ1) is 9.57. The van der Waals surface area contributed by atoms with Gasteiger partial charge < -0.3 is 5.32 Å². The van der Waals surface area contributed by atoms with Crippen molar-refractivity contribution < 1.29 is 0 Å². The van der Waals surface area contributed by atoms with E-state index in [0.717, 1.165) is 23.2 Å². The third kappa shape index (κ3) is 4.96. The maximum atomic E-state index is 11.7. The highest BCUT2D eigenvalue weighted by atomic mass is 16.2. The zero-order valence-corrected chi connectivity index (χ0v) is 12.9. The Bertz CT molecular complexity index is 517. The molecule has 5 heteroatoms. The lowest BCUT2D eigenvalue weighted by molar-refractivity contribution is 0.554. The van der Waals surface area contributed by atoms with Gasteiger partial charge in [-0.15, -0.1) is 0 Å². The van der Waals surface area contributed by atoms with Crippen molar-refractivity contribution in [2.75, 3.05) is 6.54 Å². The summed E-state index contributed by atoms with van der Waals surface area (Å²) in [5.74, 6) is 0. The summed E-state index contributed by atoms with van der Waals surface area (Å²) in [6.07, 6.45) is 7.59. The van der Waals surface area contributed by atoms with Crippen LogP contribution in [-0.4, -0.2) is 15.7 Å². The molecule has 0 aliphatic rings. The fourth-order valence-electron chi connectivity index (χ4n) is 2.19. The van der Waals surface area contributed by atoms with Crippen molar-refractivity contribution in [2.24, 2.45) is 14.1 Å². The second-order valence-electron chi connectivity index (χ2n) is 5.32. The molecular formula is C15H27N3O2. The third-order valence-electron chi connectivity index (χ3n) is 3.64. The Kier molecular flexibility index (Phi) is 7.30. The molecule has 0 saturated carbocycles. The van der Waals surface area contributed by atoms with Crippen LogP contribution in [0, 0.1) is 0 Å². The molecule has 1 N–H and O–H groups in total. The summed E-state index contributed by atoms with van der Waals surface area (Å²) >= 11 is 0. The summed E-state index contributed by atoms with van der Waals surface area (Å²) < 4.78 is 2.65. The lowest BCUT2D eigenvalue weighted by Gasteiger charge is -2.10. The smallest absolute Gasteiger partial charge is 0.311 e. The summed E-state index contributed by atoms with van der Waals surface area (Å²) in [4.78, 5) is 23.3. The van der Waals surface area contributed by atoms with E-state index in [1.54, 1.807) is 7.05 Å². The molecule has 20 heavy (non-hydrogen) atoms. The second-order valence-corrected chi connectivity index (χ2v) is 5.32. The first-order valence-electron chi connectivity index (χ1n) is 7.54. The van der Waals surface area contributed by atoms with Crippen LogP contribution in [0.5, 0.6) is 0 Å². The lowest BCUT2D eigenvalue weighted by Crippen LogP contribution is -2.39. The summed E-state index contributed by atoms with van der Waals surface area (Å²) in [7, 11) is 3.20. The van der Waals surface area contributed by atoms with Crippen LogP contribution in [-0.2, 0) is 20.6 Å². The molecule has 0 unspecified atom stereocenters. The molecule has 0 spiro atoms. The first kappa shape index (κ1) is 16.7. The molecule has 0 radical (unpaired) electrons. The van der Waals surface area contributed by atoms with Crippen LogP contribution in [0.2, 0.25) is 0 Å². The molecular weight excluding hydrogens is 254 g/mol. The van der Waals surface area contributed by atoms with E-state index in [0.29, 0.717) is 6.54 Å². The maximum Gasteiger partial charge on any atom is 0.330 e. The Morgan fingerprint density at radius 1 is 1.00 bits per heavy atom. The zero-order chi connectivity index (χ0) is 15.0. The van der Waals surface area contributed by atoms with E-state index in [-0.39, 0.29) is 11.2 Å². The molecule has 1 aromatic rings. The summed E-state index contributed by atoms with van der Waals surface area (Å²) in [5, 5.41) is 3.30. The number of aromatic nitrogens is 2. The zero-order valence-electron chi connectivity index (χ0n) is 12.9. The van der Waals surface area contributed by atoms with Crippen LogP contribution >= 0.6 is 0 Å². The largest absolute Gasteiger partial charge is 0.330 e. The van der Waals surface area contributed by atoms with E-state index >= 15 is 0 Å². The summed E-state index contributed by atoms with van der Waals surface area (Å²) in [6, 6.07) is 1.52. The number of hydrogen-bond donors (Lipinski definition) is 1. The first-order valence-corrected chi connectivity index (χ1v) is 7.54. The molecule has 0 fully saturated rings. The predicted octanol–water partition coefficient (Wildman–Crippen LogP) is 1.53. The lowest BCUT2D eigenvalue weighted by atomic mass is 10.1. The van der Waals surface area contributed by atoms with E-state index in [1.807, 2.05) is 0 Å². The van der Waals surface area contributed by atoms with Gasteiger partial charge in [0.1, 0.15) is 0 Å². The maximum absolute atomic E-state index is 11.7. The molecule has 0 atom stereocenters. The van der Waals surface area contributed by atoms with Crippen LogP contribution in [0.1, 0.15) is 51.1 Å². The van der Waals surface area contributed by atoms with Gasteiger partial charge in [0.15, 0.2) is 0 Å². The monoisotopic (exact) mass is 281 g/mol. The molecule has 0 aliphatic heterocycles. The molecule has 0 saturated heterocycles. The van der Waals surface area contributed by atoms with Gasteiger partial charge >= 0.3 is 5.69 Å². The van der Waals surface area contributed by atoms with Crippen molar-refractivity contribution in [3.8, 4) is 0 Å². The molecule has 0 amide bonds. The number of hydrogen-bond acceptors (Lipinski definition) is 3. The van der Waals surface area contributed by atoms with Gasteiger partial charge in [-0.1, -0.05) is 39.0 Å². The molecule has 1 heterocycles. The van der Waals surface area contributed by atoms with Crippen LogP contribution in [0.4, 0.5) is 0 Å². The van der Waals surface area contributed by atoms with Crippen LogP contribution < -0.4 is 16.6 Å². The van der Waals surface area contributed by atoms with Crippen molar-refractivity contribution in [2.45, 2.75) is 52.0 Å². The highest BCUT2D eigenvalue weighted by Crippen LogP contribution is 2.04. The predicted molar refractivity (Wildman–Crippen MR) is 82.0 cm³/mol. The Labute approximate surface area is 120 Å². The molecule has 114 valence electrons. The second kappa shape index (κ2) is 8.74. The van der Waals surface area contributed by atoms with Crippen LogP contribution in [0.15, 0.2) is 15.7 Å². The highest BCUT2D eigenvalue weighted by Gasteiger charge is 2.04. The fraction of sp³-hybridized carbons (Fsp3) is 0.733. The van der Waals surface area contributed by atoms with E-state index in [2.05, 4.69) is 12.2 Å². The number of unbranched alkanes of at least 4 members (excludes halogenated alkanes) is 5. The normalized spacial score (nSPS) is 10.9. The summed E-state index contributed by atoms with van der Waals surface area (Å²) in [5.41, 5.74) is 0.224. The molecule has 0 aliphatic carbocycles. The van der Waals surface area contributed by atoms with Gasteiger partial charge in [-0.25, -0.2) is 4.79 Å². The Morgan fingerprint density at radius 3 is 2.35 bits per heavy atom. The Morgan fingerprint density at radius 2 is 1.65 bits per heavy atom. The standard InChI is InChI=1S/C15H27N3O2/c1-4-5-6-7-8-9-10-16-12-13-11-14(19)18(3)15(20)17(13)2/h11,16H,4-10,12H2,1-3H3. The van der Waals surface area contributed by atoms with E-state index in [9.17, 15) is 9.59 Å². The minimum absolute atomic E-state index is 0.246. The number of nitrogens with zero attached hydrogens (tertiary/aromatic N) is 2. The summed E-state index contributed by atoms with van der Waals surface area (Å²) in [6.45, 7) is 3.71. The molecule has 1 rings (SSSR count). The Balaban J connectivity index is 2.33. The number of rotatable bonds is 9. The minimum atomic E-state index is -0.270. The van der Waals surface area contributed by atoms with E-state index in [4.69, 9.17) is 0 Å². The van der Waals surface area contributed by atoms with Crippen molar-refractivity contribution >= 4 is 0 Å². The average Bonchev–Trinajstić information content (AvgIpc) is 2.44. The van der Waals surface area contributed by atoms with Gasteiger partial charge in [0.05, 0.1) is 0 Å². The highest BCUT2D eigenvalue weighted by molar-refractivity contribution is 5.01. The van der Waals surface area contributed by atoms with Gasteiger partial charge in [-0.3, -0.25) is 13.9 Å². The third-order valence-corrected chi connectivity index (χ3v) is 3.64. The van der Waals surface area contributed by atoms with Crippen molar-refractivity contribution in [1.82, 2.24) is 14.5 Å². The molecule has 5 nitrogen and oxygen atoms in total. The van der Waals surface area contributed by atoms with E-state index in [1.165, 1.54) is 49.8 Å². The van der Waals surface area contributed by atoms with Gasteiger partial charge in [-0.05, 0) is 13.0 Å². The van der Waals surface area contributed by atoms with Crippen LogP contribution in [0.3, 0.4) is 0 Å². The van der Waals surface area contributed by atoms with Crippen molar-refractivity contribution in [3.05, 3.63) is 32.6 Å². The molecule has 0 bridgehead atoms. The average molecular weight is 281 g/mol.